The Balaban J connectivity index is 0.00000241. The lowest BCUT2D eigenvalue weighted by molar-refractivity contribution is -0.120. The van der Waals surface area contributed by atoms with Crippen molar-refractivity contribution >= 4 is 34.9 Å². The van der Waals surface area contributed by atoms with Gasteiger partial charge in [0.1, 0.15) is 0 Å². The van der Waals surface area contributed by atoms with Crippen molar-refractivity contribution in [1.82, 2.24) is 9.97 Å². The molecule has 2 aliphatic carbocycles. The molecule has 178 valence electrons. The van der Waals surface area contributed by atoms with Crippen LogP contribution in [-0.2, 0) is 23.1 Å². The average molecular weight is 478 g/mol. The molecule has 0 radical (unpaired) electrons. The zero-order valence-electron chi connectivity index (χ0n) is 19.4. The first kappa shape index (κ1) is 23.1. The van der Waals surface area contributed by atoms with Crippen molar-refractivity contribution in [3.05, 3.63) is 53.5 Å². The Labute approximate surface area is 206 Å². The highest BCUT2D eigenvalue weighted by molar-refractivity contribution is 5.97. The number of carbonyl (C=O) groups is 1. The second-order valence-electron chi connectivity index (χ2n) is 10.0. The first-order chi connectivity index (χ1) is 16.0. The number of rotatable bonds is 4. The number of pyridine rings is 2. The topological polar surface area (TPSA) is 98.1 Å². The van der Waals surface area contributed by atoms with Crippen molar-refractivity contribution in [3.63, 3.8) is 0 Å². The molecule has 0 bridgehead atoms. The van der Waals surface area contributed by atoms with Crippen LogP contribution < -0.4 is 16.4 Å². The molecule has 0 unspecified atom stereocenters. The number of hydrogen-bond acceptors (Lipinski definition) is 5. The van der Waals surface area contributed by atoms with E-state index in [1.54, 1.807) is 6.20 Å². The molecular formula is C27H32ClN5O. The molecule has 1 amide bonds. The predicted molar refractivity (Wildman–Crippen MR) is 138 cm³/mol. The summed E-state index contributed by atoms with van der Waals surface area (Å²) in [6.07, 6.45) is 10.2. The largest absolute Gasteiger partial charge is 0.369 e. The highest BCUT2D eigenvalue weighted by atomic mass is 35.5. The lowest BCUT2D eigenvalue weighted by Gasteiger charge is -2.36. The van der Waals surface area contributed by atoms with E-state index in [4.69, 9.17) is 16.5 Å². The first-order valence-corrected chi connectivity index (χ1v) is 12.3. The van der Waals surface area contributed by atoms with Gasteiger partial charge in [-0.15, -0.1) is 12.4 Å². The lowest BCUT2D eigenvalue weighted by atomic mass is 9.90. The second-order valence-corrected chi connectivity index (χ2v) is 10.0. The third-order valence-electron chi connectivity index (χ3n) is 7.81. The Hall–Kier alpha value is -2.70. The molecule has 1 saturated heterocycles. The number of halogens is 1. The summed E-state index contributed by atoms with van der Waals surface area (Å²) in [5.41, 5.74) is 19.6. The maximum atomic E-state index is 12.0. The van der Waals surface area contributed by atoms with E-state index in [0.717, 1.165) is 74.0 Å². The molecule has 6 rings (SSSR count). The fourth-order valence-corrected chi connectivity index (χ4v) is 5.78. The molecule has 2 fully saturated rings. The number of fused-ring (bicyclic) bond motifs is 2. The molecule has 4 N–H and O–H groups in total. The standard InChI is InChI=1S/C27H31N5O.ClH/c28-19-4-3-13-32(16-19)25-20-5-1-2-6-22(20)31-23-8-7-17(14-21(23)25)18-9-12-30-24(15-18)27(10-11-27)26(29)33;/h7-9,12,14-15,19H,1-6,10-11,13,16,28H2,(H2,29,33);1H/t19-;/m1./s1. The Kier molecular flexibility index (Phi) is 5.98. The molecular weight excluding hydrogens is 446 g/mol. The van der Waals surface area contributed by atoms with Crippen LogP contribution in [-0.4, -0.2) is 35.0 Å². The van der Waals surface area contributed by atoms with Crippen LogP contribution in [0.4, 0.5) is 5.69 Å². The molecule has 1 saturated carbocycles. The van der Waals surface area contributed by atoms with Gasteiger partial charge in [-0.25, -0.2) is 0 Å². The van der Waals surface area contributed by atoms with Crippen molar-refractivity contribution in [2.45, 2.75) is 62.8 Å². The highest BCUT2D eigenvalue weighted by Gasteiger charge is 2.51. The molecule has 1 aliphatic heterocycles. The molecule has 1 aromatic carbocycles. The van der Waals surface area contributed by atoms with Crippen LogP contribution in [0.1, 0.15) is 55.5 Å². The van der Waals surface area contributed by atoms with Gasteiger partial charge < -0.3 is 16.4 Å². The summed E-state index contributed by atoms with van der Waals surface area (Å²) in [4.78, 5) is 24.1. The molecule has 3 heterocycles. The van der Waals surface area contributed by atoms with Gasteiger partial charge in [0.2, 0.25) is 5.91 Å². The average Bonchev–Trinajstić information content (AvgIpc) is 3.65. The quantitative estimate of drug-likeness (QED) is 0.590. The number of piperidine rings is 1. The van der Waals surface area contributed by atoms with Gasteiger partial charge in [-0.3, -0.25) is 14.8 Å². The zero-order valence-corrected chi connectivity index (χ0v) is 20.2. The zero-order chi connectivity index (χ0) is 22.6. The summed E-state index contributed by atoms with van der Waals surface area (Å²) in [5.74, 6) is -0.273. The van der Waals surface area contributed by atoms with Gasteiger partial charge in [0.25, 0.3) is 0 Å². The Morgan fingerprint density at radius 2 is 1.85 bits per heavy atom. The van der Waals surface area contributed by atoms with Gasteiger partial charge in [-0.1, -0.05) is 6.07 Å². The summed E-state index contributed by atoms with van der Waals surface area (Å²) in [6.45, 7) is 1.94. The fourth-order valence-electron chi connectivity index (χ4n) is 5.78. The number of primary amides is 1. The van der Waals surface area contributed by atoms with Gasteiger partial charge in [0.15, 0.2) is 0 Å². The summed E-state index contributed by atoms with van der Waals surface area (Å²) >= 11 is 0. The number of benzene rings is 1. The Morgan fingerprint density at radius 1 is 1.06 bits per heavy atom. The van der Waals surface area contributed by atoms with Gasteiger partial charge in [-0.2, -0.15) is 0 Å². The van der Waals surface area contributed by atoms with Crippen molar-refractivity contribution in [2.75, 3.05) is 18.0 Å². The number of aryl methyl sites for hydroxylation is 1. The molecule has 6 nitrogen and oxygen atoms in total. The number of anilines is 1. The van der Waals surface area contributed by atoms with E-state index < -0.39 is 5.41 Å². The molecule has 2 aromatic heterocycles. The summed E-state index contributed by atoms with van der Waals surface area (Å²) < 4.78 is 0. The van der Waals surface area contributed by atoms with Crippen LogP contribution in [0.5, 0.6) is 0 Å². The summed E-state index contributed by atoms with van der Waals surface area (Å²) in [5, 5.41) is 1.21. The first-order valence-electron chi connectivity index (χ1n) is 12.3. The minimum atomic E-state index is -0.581. The van der Waals surface area contributed by atoms with Crippen LogP contribution in [0.3, 0.4) is 0 Å². The molecule has 7 heteroatoms. The lowest BCUT2D eigenvalue weighted by Crippen LogP contribution is -2.43. The van der Waals surface area contributed by atoms with Gasteiger partial charge in [-0.05, 0) is 92.3 Å². The van der Waals surface area contributed by atoms with Crippen LogP contribution >= 0.6 is 12.4 Å². The van der Waals surface area contributed by atoms with E-state index >= 15 is 0 Å². The van der Waals surface area contributed by atoms with Crippen molar-refractivity contribution < 1.29 is 4.79 Å². The molecule has 1 atom stereocenters. The number of nitrogens with zero attached hydrogens (tertiary/aromatic N) is 3. The van der Waals surface area contributed by atoms with Crippen LogP contribution in [0.15, 0.2) is 36.5 Å². The molecule has 3 aromatic rings. The number of aromatic nitrogens is 2. The van der Waals surface area contributed by atoms with Gasteiger partial charge >= 0.3 is 0 Å². The van der Waals surface area contributed by atoms with E-state index in [1.807, 2.05) is 12.1 Å². The smallest absolute Gasteiger partial charge is 0.229 e. The normalized spacial score (nSPS) is 21.0. The third kappa shape index (κ3) is 3.83. The van der Waals surface area contributed by atoms with Crippen LogP contribution in [0, 0.1) is 0 Å². The Morgan fingerprint density at radius 3 is 2.62 bits per heavy atom. The fraction of sp³-hybridized carbons (Fsp3) is 0.444. The maximum absolute atomic E-state index is 12.0. The Bertz CT molecular complexity index is 1260. The molecule has 0 spiro atoms. The van der Waals surface area contributed by atoms with Crippen LogP contribution in [0.2, 0.25) is 0 Å². The third-order valence-corrected chi connectivity index (χ3v) is 7.81. The van der Waals surface area contributed by atoms with Crippen molar-refractivity contribution in [3.8, 4) is 11.1 Å². The molecule has 3 aliphatic rings. The van der Waals surface area contributed by atoms with E-state index in [0.29, 0.717) is 0 Å². The second kappa shape index (κ2) is 8.82. The monoisotopic (exact) mass is 477 g/mol. The van der Waals surface area contributed by atoms with Crippen molar-refractivity contribution in [2.24, 2.45) is 11.5 Å². The van der Waals surface area contributed by atoms with Gasteiger partial charge in [0, 0.05) is 36.4 Å². The minimum absolute atomic E-state index is 0. The van der Waals surface area contributed by atoms with E-state index in [-0.39, 0.29) is 24.4 Å². The van der Waals surface area contributed by atoms with Gasteiger partial charge in [0.05, 0.1) is 22.3 Å². The van der Waals surface area contributed by atoms with E-state index in [1.165, 1.54) is 35.2 Å². The predicted octanol–water partition coefficient (Wildman–Crippen LogP) is 4.04. The summed E-state index contributed by atoms with van der Waals surface area (Å²) in [6, 6.07) is 10.8. The number of hydrogen-bond donors (Lipinski definition) is 2. The number of amides is 1. The maximum Gasteiger partial charge on any atom is 0.229 e. The number of carbonyl (C=O) groups excluding carboxylic acids is 1. The SMILES string of the molecule is Cl.NC(=O)C1(c2cc(-c3ccc4nc5c(c(N6CCC[C@@H](N)C6)c4c3)CCCC5)ccn2)CC1. The summed E-state index contributed by atoms with van der Waals surface area (Å²) in [7, 11) is 0. The van der Waals surface area contributed by atoms with Crippen LogP contribution in [0.25, 0.3) is 22.0 Å². The van der Waals surface area contributed by atoms with Crippen molar-refractivity contribution in [1.29, 1.82) is 0 Å². The minimum Gasteiger partial charge on any atom is -0.369 e. The molecule has 34 heavy (non-hydrogen) atoms. The number of nitrogens with two attached hydrogens (primary N) is 2. The van der Waals surface area contributed by atoms with E-state index in [2.05, 4.69) is 28.1 Å². The highest BCUT2D eigenvalue weighted by Crippen LogP contribution is 2.48. The van der Waals surface area contributed by atoms with E-state index in [9.17, 15) is 4.79 Å².